The molecule has 0 saturated heterocycles. The van der Waals surface area contributed by atoms with E-state index >= 15 is 0 Å². The van der Waals surface area contributed by atoms with Gasteiger partial charge in [-0.25, -0.2) is 0 Å². The summed E-state index contributed by atoms with van der Waals surface area (Å²) in [6, 6.07) is 3.68. The zero-order chi connectivity index (χ0) is 15.3. The first-order valence-electron chi connectivity index (χ1n) is 6.91. The standard InChI is InChI=1S/C14H12BrN5O2/c1-7-11(12(19-22-7)8-2-3-8)13(21)16-14-18-17-10-5-4-9(15)6-20(10)14/h4-6,8H,2-3H2,1H3,(H,16,18,21). The lowest BCUT2D eigenvalue weighted by molar-refractivity contribution is 0.102. The molecular formula is C14H12BrN5O2. The molecule has 1 aliphatic rings. The van der Waals surface area contributed by atoms with Crippen molar-refractivity contribution in [2.75, 3.05) is 5.32 Å². The molecule has 0 atom stereocenters. The van der Waals surface area contributed by atoms with Crippen molar-refractivity contribution in [2.45, 2.75) is 25.7 Å². The van der Waals surface area contributed by atoms with Crippen molar-refractivity contribution >= 4 is 33.4 Å². The number of amides is 1. The van der Waals surface area contributed by atoms with Crippen LogP contribution in [0.5, 0.6) is 0 Å². The van der Waals surface area contributed by atoms with Gasteiger partial charge in [0.1, 0.15) is 11.3 Å². The summed E-state index contributed by atoms with van der Waals surface area (Å²) >= 11 is 3.39. The minimum absolute atomic E-state index is 0.269. The maximum atomic E-state index is 12.6. The van der Waals surface area contributed by atoms with Crippen molar-refractivity contribution in [3.05, 3.63) is 39.8 Å². The number of hydrogen-bond donors (Lipinski definition) is 1. The Morgan fingerprint density at radius 1 is 1.41 bits per heavy atom. The van der Waals surface area contributed by atoms with Crippen LogP contribution in [0.1, 0.15) is 40.6 Å². The number of nitrogens with zero attached hydrogens (tertiary/aromatic N) is 4. The maximum absolute atomic E-state index is 12.6. The Morgan fingerprint density at radius 2 is 2.23 bits per heavy atom. The van der Waals surface area contributed by atoms with Crippen LogP contribution in [0.25, 0.3) is 5.65 Å². The quantitative estimate of drug-likeness (QED) is 0.774. The fraction of sp³-hybridized carbons (Fsp3) is 0.286. The van der Waals surface area contributed by atoms with Gasteiger partial charge in [0.05, 0.1) is 5.69 Å². The lowest BCUT2D eigenvalue weighted by atomic mass is 10.1. The average molecular weight is 362 g/mol. The largest absolute Gasteiger partial charge is 0.361 e. The number of aromatic nitrogens is 4. The number of anilines is 1. The predicted octanol–water partition coefficient (Wildman–Crippen LogP) is 2.92. The van der Waals surface area contributed by atoms with Crippen LogP contribution in [0.3, 0.4) is 0 Å². The van der Waals surface area contributed by atoms with Crippen LogP contribution in [-0.2, 0) is 0 Å². The van der Waals surface area contributed by atoms with E-state index in [9.17, 15) is 4.79 Å². The van der Waals surface area contributed by atoms with Gasteiger partial charge >= 0.3 is 0 Å². The van der Waals surface area contributed by atoms with E-state index in [0.29, 0.717) is 28.8 Å². The van der Waals surface area contributed by atoms with E-state index in [-0.39, 0.29) is 5.91 Å². The summed E-state index contributed by atoms with van der Waals surface area (Å²) in [5.74, 6) is 0.954. The Morgan fingerprint density at radius 3 is 3.00 bits per heavy atom. The first kappa shape index (κ1) is 13.4. The minimum atomic E-state index is -0.269. The number of hydrogen-bond acceptors (Lipinski definition) is 5. The number of fused-ring (bicyclic) bond motifs is 1. The molecule has 112 valence electrons. The molecule has 0 radical (unpaired) electrons. The van der Waals surface area contributed by atoms with E-state index in [1.54, 1.807) is 17.5 Å². The smallest absolute Gasteiger partial charge is 0.263 e. The lowest BCUT2D eigenvalue weighted by Crippen LogP contribution is -2.16. The number of aryl methyl sites for hydroxylation is 1. The third-order valence-electron chi connectivity index (χ3n) is 3.67. The molecule has 1 saturated carbocycles. The second kappa shape index (κ2) is 4.91. The second-order valence-electron chi connectivity index (χ2n) is 5.33. The third kappa shape index (κ3) is 2.19. The lowest BCUT2D eigenvalue weighted by Gasteiger charge is -2.04. The molecule has 1 fully saturated rings. The van der Waals surface area contributed by atoms with Gasteiger partial charge in [-0.1, -0.05) is 5.16 Å². The molecular weight excluding hydrogens is 350 g/mol. The molecule has 3 aromatic heterocycles. The van der Waals surface area contributed by atoms with E-state index in [1.807, 2.05) is 12.1 Å². The molecule has 0 spiro atoms. The maximum Gasteiger partial charge on any atom is 0.263 e. The fourth-order valence-electron chi connectivity index (χ4n) is 2.42. The SMILES string of the molecule is Cc1onc(C2CC2)c1C(=O)Nc1nnc2ccc(Br)cn12. The summed E-state index contributed by atoms with van der Waals surface area (Å²) in [4.78, 5) is 12.6. The van der Waals surface area contributed by atoms with Gasteiger partial charge in [0, 0.05) is 16.6 Å². The zero-order valence-electron chi connectivity index (χ0n) is 11.7. The molecule has 0 aliphatic heterocycles. The van der Waals surface area contributed by atoms with Crippen LogP contribution in [0.15, 0.2) is 27.3 Å². The highest BCUT2D eigenvalue weighted by Crippen LogP contribution is 2.41. The Bertz CT molecular complexity index is 881. The molecule has 3 heterocycles. The van der Waals surface area contributed by atoms with E-state index in [1.165, 1.54) is 0 Å². The average Bonchev–Trinajstić information content (AvgIpc) is 3.16. The van der Waals surface area contributed by atoms with Gasteiger partial charge in [-0.05, 0) is 47.8 Å². The number of pyridine rings is 1. The number of halogens is 1. The van der Waals surface area contributed by atoms with Crippen molar-refractivity contribution in [1.29, 1.82) is 0 Å². The highest BCUT2D eigenvalue weighted by atomic mass is 79.9. The minimum Gasteiger partial charge on any atom is -0.361 e. The molecule has 8 heteroatoms. The van der Waals surface area contributed by atoms with Crippen LogP contribution in [0, 0.1) is 6.92 Å². The molecule has 0 aromatic carbocycles. The summed E-state index contributed by atoms with van der Waals surface area (Å²) < 4.78 is 7.76. The third-order valence-corrected chi connectivity index (χ3v) is 4.14. The Labute approximate surface area is 133 Å². The van der Waals surface area contributed by atoms with E-state index < -0.39 is 0 Å². The van der Waals surface area contributed by atoms with Crippen LogP contribution in [0.4, 0.5) is 5.95 Å². The molecule has 0 unspecified atom stereocenters. The van der Waals surface area contributed by atoms with Gasteiger partial charge in [-0.3, -0.25) is 14.5 Å². The zero-order valence-corrected chi connectivity index (χ0v) is 13.3. The van der Waals surface area contributed by atoms with Gasteiger partial charge in [0.25, 0.3) is 5.91 Å². The van der Waals surface area contributed by atoms with Crippen LogP contribution >= 0.6 is 15.9 Å². The van der Waals surface area contributed by atoms with Gasteiger partial charge in [0.15, 0.2) is 5.65 Å². The van der Waals surface area contributed by atoms with Crippen LogP contribution < -0.4 is 5.32 Å². The summed E-state index contributed by atoms with van der Waals surface area (Å²) in [5, 5.41) is 14.8. The van der Waals surface area contributed by atoms with Gasteiger partial charge < -0.3 is 4.52 Å². The molecule has 0 bridgehead atoms. The fourth-order valence-corrected chi connectivity index (χ4v) is 2.75. The monoisotopic (exact) mass is 361 g/mol. The van der Waals surface area contributed by atoms with E-state index in [2.05, 4.69) is 36.6 Å². The number of carbonyl (C=O) groups excluding carboxylic acids is 1. The molecule has 4 rings (SSSR count). The number of nitrogens with one attached hydrogen (secondary N) is 1. The Balaban J connectivity index is 1.69. The first-order valence-corrected chi connectivity index (χ1v) is 7.70. The summed E-state index contributed by atoms with van der Waals surface area (Å²) in [7, 11) is 0. The van der Waals surface area contributed by atoms with Crippen molar-refractivity contribution in [1.82, 2.24) is 19.8 Å². The molecule has 7 nitrogen and oxygen atoms in total. The molecule has 1 N–H and O–H groups in total. The van der Waals surface area contributed by atoms with Crippen LogP contribution in [0.2, 0.25) is 0 Å². The second-order valence-corrected chi connectivity index (χ2v) is 6.24. The number of carbonyl (C=O) groups is 1. The highest BCUT2D eigenvalue weighted by Gasteiger charge is 2.33. The van der Waals surface area contributed by atoms with Crippen molar-refractivity contribution in [3.8, 4) is 0 Å². The normalized spacial score (nSPS) is 14.5. The van der Waals surface area contributed by atoms with Gasteiger partial charge in [-0.15, -0.1) is 10.2 Å². The molecule has 1 amide bonds. The van der Waals surface area contributed by atoms with Gasteiger partial charge in [-0.2, -0.15) is 0 Å². The van der Waals surface area contributed by atoms with Gasteiger partial charge in [0.2, 0.25) is 5.95 Å². The summed E-state index contributed by atoms with van der Waals surface area (Å²) in [6.07, 6.45) is 3.90. The summed E-state index contributed by atoms with van der Waals surface area (Å²) in [5.41, 5.74) is 1.90. The summed E-state index contributed by atoms with van der Waals surface area (Å²) in [6.45, 7) is 1.74. The Kier molecular flexibility index (Phi) is 3.00. The van der Waals surface area contributed by atoms with Crippen molar-refractivity contribution < 1.29 is 9.32 Å². The molecule has 22 heavy (non-hydrogen) atoms. The van der Waals surface area contributed by atoms with E-state index in [0.717, 1.165) is 23.0 Å². The Hall–Kier alpha value is -2.22. The first-order chi connectivity index (χ1) is 10.6. The van der Waals surface area contributed by atoms with Crippen molar-refractivity contribution in [3.63, 3.8) is 0 Å². The van der Waals surface area contributed by atoms with Crippen LogP contribution in [-0.4, -0.2) is 25.7 Å². The number of rotatable bonds is 3. The predicted molar refractivity (Wildman–Crippen MR) is 81.9 cm³/mol. The molecule has 3 aromatic rings. The topological polar surface area (TPSA) is 85.3 Å². The highest BCUT2D eigenvalue weighted by molar-refractivity contribution is 9.10. The van der Waals surface area contributed by atoms with E-state index in [4.69, 9.17) is 4.52 Å². The molecule has 1 aliphatic carbocycles. The van der Waals surface area contributed by atoms with Crippen molar-refractivity contribution in [2.24, 2.45) is 0 Å².